The van der Waals surface area contributed by atoms with E-state index in [-0.39, 0.29) is 12.6 Å². The predicted molar refractivity (Wildman–Crippen MR) is 50.8 cm³/mol. The second-order valence-corrected chi connectivity index (χ2v) is 3.49. The van der Waals surface area contributed by atoms with E-state index in [1.54, 1.807) is 18.6 Å². The lowest BCUT2D eigenvalue weighted by Crippen LogP contribution is -2.42. The second kappa shape index (κ2) is 6.97. The fraction of sp³-hybridized carbons (Fsp3) is 1.00. The third-order valence-electron chi connectivity index (χ3n) is 1.37. The Bertz CT molecular complexity index is 94.7. The molecule has 0 amide bonds. The Hall–Kier alpha value is 0.295. The van der Waals surface area contributed by atoms with Crippen molar-refractivity contribution in [2.24, 2.45) is 0 Å². The molecule has 3 nitrogen and oxygen atoms in total. The summed E-state index contributed by atoms with van der Waals surface area (Å²) in [6, 6.07) is 0.0300. The largest absolute Gasteiger partial charge is 0.437 e. The van der Waals surface area contributed by atoms with E-state index in [0.29, 0.717) is 0 Å². The molecular weight excluding hydrogens is 161 g/mol. The molecule has 0 radical (unpaired) electrons. The Labute approximate surface area is 72.7 Å². The molecule has 0 aromatic rings. The highest BCUT2D eigenvalue weighted by Crippen LogP contribution is 1.99. The van der Waals surface area contributed by atoms with Crippen molar-refractivity contribution in [2.75, 3.05) is 18.6 Å². The molecule has 0 fully saturated rings. The van der Waals surface area contributed by atoms with Crippen molar-refractivity contribution >= 4 is 18.8 Å². The van der Waals surface area contributed by atoms with Crippen molar-refractivity contribution in [1.82, 2.24) is 5.23 Å². The first-order valence-electron chi connectivity index (χ1n) is 3.74. The molecule has 0 heterocycles. The third-order valence-corrected chi connectivity index (χ3v) is 2.01. The van der Waals surface area contributed by atoms with Crippen molar-refractivity contribution in [3.63, 3.8) is 0 Å². The fourth-order valence-corrected chi connectivity index (χ4v) is 1.35. The minimum atomic E-state index is -0.533. The summed E-state index contributed by atoms with van der Waals surface area (Å²) in [6.45, 7) is 1.74. The molecule has 1 atom stereocenters. The van der Waals surface area contributed by atoms with Gasteiger partial charge in [-0.25, -0.2) is 0 Å². The summed E-state index contributed by atoms with van der Waals surface area (Å²) in [7, 11) is -0.533. The van der Waals surface area contributed by atoms with Crippen LogP contribution in [0, 0.1) is 0 Å². The van der Waals surface area contributed by atoms with Crippen molar-refractivity contribution < 1.29 is 10.1 Å². The minimum absolute atomic E-state index is 0.0300. The van der Waals surface area contributed by atoms with Gasteiger partial charge in [-0.15, -0.1) is 0 Å². The molecule has 0 aromatic carbocycles. The maximum Gasteiger partial charge on any atom is 0.373 e. The molecule has 5 heteroatoms. The molecule has 0 aromatic heterocycles. The highest BCUT2D eigenvalue weighted by Gasteiger charge is 2.10. The molecule has 0 bridgehead atoms. The molecule has 3 N–H and O–H groups in total. The molecule has 11 heavy (non-hydrogen) atoms. The predicted octanol–water partition coefficient (Wildman–Crippen LogP) is -0.200. The quantitative estimate of drug-likeness (QED) is 0.492. The summed E-state index contributed by atoms with van der Waals surface area (Å²) >= 11 is 1.74. The lowest BCUT2D eigenvalue weighted by Gasteiger charge is -2.15. The maximum atomic E-state index is 8.92. The van der Waals surface area contributed by atoms with E-state index in [1.165, 1.54) is 0 Å². The van der Waals surface area contributed by atoms with E-state index in [4.69, 9.17) is 10.1 Å². The normalized spacial score (nSPS) is 13.1. The Morgan fingerprint density at radius 3 is 2.64 bits per heavy atom. The van der Waals surface area contributed by atoms with Gasteiger partial charge in [-0.1, -0.05) is 0 Å². The SMILES string of the molecule is CSCC[C@@H](CO)NB(C)O. The first kappa shape index (κ1) is 11.3. The number of aliphatic hydroxyl groups excluding tert-OH is 1. The van der Waals surface area contributed by atoms with E-state index >= 15 is 0 Å². The van der Waals surface area contributed by atoms with Gasteiger partial charge in [0.1, 0.15) is 0 Å². The van der Waals surface area contributed by atoms with Gasteiger partial charge in [0.25, 0.3) is 0 Å². The summed E-state index contributed by atoms with van der Waals surface area (Å²) in [5.74, 6) is 1.00. The Morgan fingerprint density at radius 1 is 1.64 bits per heavy atom. The lowest BCUT2D eigenvalue weighted by atomic mass is 9.87. The Balaban J connectivity index is 3.41. The Kier molecular flexibility index (Phi) is 7.16. The number of hydrogen-bond acceptors (Lipinski definition) is 4. The van der Waals surface area contributed by atoms with Crippen LogP contribution in [0.2, 0.25) is 6.82 Å². The fourth-order valence-electron chi connectivity index (χ4n) is 0.829. The van der Waals surface area contributed by atoms with E-state index in [2.05, 4.69) is 5.23 Å². The van der Waals surface area contributed by atoms with Gasteiger partial charge in [0.05, 0.1) is 6.61 Å². The zero-order chi connectivity index (χ0) is 8.69. The molecule has 0 saturated carbocycles. The van der Waals surface area contributed by atoms with E-state index in [0.717, 1.165) is 12.2 Å². The molecule has 0 rings (SSSR count). The van der Waals surface area contributed by atoms with Crippen molar-refractivity contribution in [1.29, 1.82) is 0 Å². The zero-order valence-electron chi connectivity index (χ0n) is 7.08. The van der Waals surface area contributed by atoms with Crippen LogP contribution in [-0.2, 0) is 0 Å². The van der Waals surface area contributed by atoms with E-state index in [9.17, 15) is 0 Å². The minimum Gasteiger partial charge on any atom is -0.437 e. The van der Waals surface area contributed by atoms with Gasteiger partial charge in [0.2, 0.25) is 0 Å². The van der Waals surface area contributed by atoms with Gasteiger partial charge in [0, 0.05) is 6.04 Å². The number of aliphatic hydroxyl groups is 1. The van der Waals surface area contributed by atoms with Gasteiger partial charge < -0.3 is 15.4 Å². The first-order valence-corrected chi connectivity index (χ1v) is 5.14. The van der Waals surface area contributed by atoms with Crippen molar-refractivity contribution in [2.45, 2.75) is 19.3 Å². The molecule has 0 aliphatic rings. The molecule has 0 aliphatic carbocycles. The van der Waals surface area contributed by atoms with Crippen LogP contribution in [0.5, 0.6) is 0 Å². The van der Waals surface area contributed by atoms with Gasteiger partial charge in [-0.2, -0.15) is 11.8 Å². The lowest BCUT2D eigenvalue weighted by molar-refractivity contribution is 0.251. The summed E-state index contributed by atoms with van der Waals surface area (Å²) in [5, 5.41) is 20.6. The summed E-state index contributed by atoms with van der Waals surface area (Å²) < 4.78 is 0. The van der Waals surface area contributed by atoms with Gasteiger partial charge >= 0.3 is 7.05 Å². The van der Waals surface area contributed by atoms with Crippen LogP contribution in [0.1, 0.15) is 6.42 Å². The van der Waals surface area contributed by atoms with Gasteiger partial charge in [-0.05, 0) is 25.3 Å². The third kappa shape index (κ3) is 6.68. The first-order chi connectivity index (χ1) is 5.20. The molecule has 66 valence electrons. The van der Waals surface area contributed by atoms with Crippen LogP contribution < -0.4 is 5.23 Å². The van der Waals surface area contributed by atoms with Crippen LogP contribution in [0.3, 0.4) is 0 Å². The standard InChI is InChI=1S/C6H16BNO2S/c1-7(10)8-6(5-9)3-4-11-2/h6,8-10H,3-5H2,1-2H3/t6-/m0/s1. The smallest absolute Gasteiger partial charge is 0.373 e. The van der Waals surface area contributed by atoms with Gasteiger partial charge in [-0.3, -0.25) is 0 Å². The van der Waals surface area contributed by atoms with E-state index < -0.39 is 7.05 Å². The van der Waals surface area contributed by atoms with E-state index in [1.807, 2.05) is 6.26 Å². The monoisotopic (exact) mass is 177 g/mol. The highest BCUT2D eigenvalue weighted by molar-refractivity contribution is 7.98. The summed E-state index contributed by atoms with van der Waals surface area (Å²) in [6.07, 6.45) is 2.92. The summed E-state index contributed by atoms with van der Waals surface area (Å²) in [5.41, 5.74) is 0. The van der Waals surface area contributed by atoms with Crippen LogP contribution in [0.25, 0.3) is 0 Å². The Morgan fingerprint density at radius 2 is 2.27 bits per heavy atom. The molecule has 0 spiro atoms. The second-order valence-electron chi connectivity index (χ2n) is 2.50. The van der Waals surface area contributed by atoms with Crippen molar-refractivity contribution in [3.8, 4) is 0 Å². The number of rotatable bonds is 6. The van der Waals surface area contributed by atoms with Crippen LogP contribution in [-0.4, -0.2) is 41.8 Å². The van der Waals surface area contributed by atoms with Crippen molar-refractivity contribution in [3.05, 3.63) is 0 Å². The number of hydrogen-bond donors (Lipinski definition) is 3. The molecule has 0 saturated heterocycles. The van der Waals surface area contributed by atoms with Crippen LogP contribution in [0.15, 0.2) is 0 Å². The number of nitrogens with one attached hydrogen (secondary N) is 1. The van der Waals surface area contributed by atoms with Gasteiger partial charge in [0.15, 0.2) is 0 Å². The molecule has 0 unspecified atom stereocenters. The maximum absolute atomic E-state index is 8.92. The highest BCUT2D eigenvalue weighted by atomic mass is 32.2. The zero-order valence-corrected chi connectivity index (χ0v) is 7.90. The number of thioether (sulfide) groups is 1. The van der Waals surface area contributed by atoms with Crippen LogP contribution in [0.4, 0.5) is 0 Å². The molecular formula is C6H16BNO2S. The van der Waals surface area contributed by atoms with Crippen LogP contribution >= 0.6 is 11.8 Å². The average molecular weight is 177 g/mol. The summed E-state index contributed by atoms with van der Waals surface area (Å²) in [4.78, 5) is 0. The topological polar surface area (TPSA) is 52.5 Å². The average Bonchev–Trinajstić information content (AvgIpc) is 1.97. The molecule has 0 aliphatic heterocycles.